The van der Waals surface area contributed by atoms with Crippen LogP contribution in [0.3, 0.4) is 0 Å². The third-order valence-electron chi connectivity index (χ3n) is 3.33. The number of amides is 2. The van der Waals surface area contributed by atoms with Crippen LogP contribution in [-0.4, -0.2) is 67.4 Å². The molecule has 0 radical (unpaired) electrons. The molecule has 0 saturated carbocycles. The number of methoxy groups -OCH3 is 1. The molecule has 1 rings (SSSR count). The van der Waals surface area contributed by atoms with Crippen molar-refractivity contribution in [1.29, 1.82) is 0 Å². The van der Waals surface area contributed by atoms with Crippen LogP contribution in [0.25, 0.3) is 0 Å². The lowest BCUT2D eigenvalue weighted by Gasteiger charge is -2.31. The molecule has 1 saturated heterocycles. The summed E-state index contributed by atoms with van der Waals surface area (Å²) in [5.74, 6) is -1.76. The highest BCUT2D eigenvalue weighted by molar-refractivity contribution is 5.78. The Balaban J connectivity index is 2.28. The predicted octanol–water partition coefficient (Wildman–Crippen LogP) is 0.0707. The molecular formula is C13H22N2O6. The molecule has 0 aliphatic carbocycles. The van der Waals surface area contributed by atoms with E-state index in [0.717, 1.165) is 0 Å². The number of carboxylic acid groups (broad SMARTS) is 1. The van der Waals surface area contributed by atoms with Gasteiger partial charge in [0.2, 0.25) is 0 Å². The van der Waals surface area contributed by atoms with Gasteiger partial charge in [-0.2, -0.15) is 0 Å². The second kappa shape index (κ2) is 8.46. The van der Waals surface area contributed by atoms with Crippen molar-refractivity contribution in [2.75, 3.05) is 33.4 Å². The van der Waals surface area contributed by atoms with E-state index in [4.69, 9.17) is 9.84 Å². The van der Waals surface area contributed by atoms with Crippen molar-refractivity contribution in [1.82, 2.24) is 10.2 Å². The first kappa shape index (κ1) is 17.2. The highest BCUT2D eigenvalue weighted by Crippen LogP contribution is 2.08. The number of hydrogen-bond acceptors (Lipinski definition) is 5. The quantitative estimate of drug-likeness (QED) is 0.531. The third-order valence-corrected chi connectivity index (χ3v) is 3.33. The second-order valence-electron chi connectivity index (χ2n) is 4.94. The minimum Gasteiger partial charge on any atom is -0.481 e. The Morgan fingerprint density at radius 3 is 2.81 bits per heavy atom. The van der Waals surface area contributed by atoms with E-state index in [9.17, 15) is 14.4 Å². The van der Waals surface area contributed by atoms with Gasteiger partial charge in [0.15, 0.2) is 6.10 Å². The van der Waals surface area contributed by atoms with Crippen LogP contribution in [0.1, 0.15) is 19.8 Å². The van der Waals surface area contributed by atoms with Gasteiger partial charge in [0, 0.05) is 13.1 Å². The summed E-state index contributed by atoms with van der Waals surface area (Å²) in [7, 11) is 1.27. The molecule has 2 N–H and O–H groups in total. The van der Waals surface area contributed by atoms with Gasteiger partial charge < -0.3 is 24.8 Å². The molecular weight excluding hydrogens is 280 g/mol. The largest absolute Gasteiger partial charge is 0.481 e. The van der Waals surface area contributed by atoms with E-state index in [-0.39, 0.29) is 19.2 Å². The van der Waals surface area contributed by atoms with E-state index in [1.165, 1.54) is 12.0 Å². The lowest BCUT2D eigenvalue weighted by Crippen LogP contribution is -2.52. The minimum absolute atomic E-state index is 0.157. The van der Waals surface area contributed by atoms with E-state index in [1.807, 2.05) is 0 Å². The monoisotopic (exact) mass is 302 g/mol. The first-order valence-corrected chi connectivity index (χ1v) is 6.90. The molecule has 0 aromatic rings. The summed E-state index contributed by atoms with van der Waals surface area (Å²) in [5.41, 5.74) is 0. The second-order valence-corrected chi connectivity index (χ2v) is 4.94. The standard InChI is InChI=1S/C13H22N2O6/c1-9(11(16)17)4-3-5-14-13(19)15-6-7-21-10(8-15)12(18)20-2/h9-10H,3-8H2,1-2H3,(H,14,19)(H,16,17). The van der Waals surface area contributed by atoms with Gasteiger partial charge in [-0.05, 0) is 12.8 Å². The van der Waals surface area contributed by atoms with E-state index >= 15 is 0 Å². The Kier molecular flexibility index (Phi) is 6.93. The summed E-state index contributed by atoms with van der Waals surface area (Å²) in [6, 6.07) is -0.282. The molecule has 120 valence electrons. The van der Waals surface area contributed by atoms with Crippen molar-refractivity contribution in [3.8, 4) is 0 Å². The van der Waals surface area contributed by atoms with Crippen LogP contribution in [0.4, 0.5) is 4.79 Å². The summed E-state index contributed by atoms with van der Waals surface area (Å²) in [6.07, 6.45) is 0.342. The van der Waals surface area contributed by atoms with Crippen molar-refractivity contribution in [2.24, 2.45) is 5.92 Å². The zero-order valence-electron chi connectivity index (χ0n) is 12.3. The maximum atomic E-state index is 11.9. The summed E-state index contributed by atoms with van der Waals surface area (Å²) >= 11 is 0. The number of carboxylic acids is 1. The molecule has 1 fully saturated rings. The highest BCUT2D eigenvalue weighted by atomic mass is 16.6. The third kappa shape index (κ3) is 5.58. The fraction of sp³-hybridized carbons (Fsp3) is 0.769. The Hall–Kier alpha value is -1.83. The first-order chi connectivity index (χ1) is 9.95. The lowest BCUT2D eigenvalue weighted by molar-refractivity contribution is -0.158. The maximum absolute atomic E-state index is 11.9. The highest BCUT2D eigenvalue weighted by Gasteiger charge is 2.29. The Bertz CT molecular complexity index is 387. The zero-order valence-corrected chi connectivity index (χ0v) is 12.3. The van der Waals surface area contributed by atoms with Crippen LogP contribution in [0.5, 0.6) is 0 Å². The van der Waals surface area contributed by atoms with E-state index < -0.39 is 24.0 Å². The smallest absolute Gasteiger partial charge is 0.336 e. The van der Waals surface area contributed by atoms with Crippen molar-refractivity contribution in [3.63, 3.8) is 0 Å². The van der Waals surface area contributed by atoms with Crippen LogP contribution in [-0.2, 0) is 19.1 Å². The van der Waals surface area contributed by atoms with Gasteiger partial charge in [-0.25, -0.2) is 9.59 Å². The molecule has 2 atom stereocenters. The number of nitrogens with zero attached hydrogens (tertiary/aromatic N) is 1. The van der Waals surface area contributed by atoms with Gasteiger partial charge in [0.25, 0.3) is 0 Å². The van der Waals surface area contributed by atoms with Gasteiger partial charge in [-0.3, -0.25) is 4.79 Å². The number of carbonyl (C=O) groups excluding carboxylic acids is 2. The molecule has 2 amide bonds. The molecule has 1 aliphatic rings. The number of carbonyl (C=O) groups is 3. The van der Waals surface area contributed by atoms with Crippen LogP contribution in [0.2, 0.25) is 0 Å². The average molecular weight is 302 g/mol. The number of rotatable bonds is 6. The molecule has 0 aromatic heterocycles. The van der Waals surface area contributed by atoms with Gasteiger partial charge >= 0.3 is 18.0 Å². The van der Waals surface area contributed by atoms with Gasteiger partial charge in [0.1, 0.15) is 0 Å². The number of esters is 1. The van der Waals surface area contributed by atoms with Crippen molar-refractivity contribution >= 4 is 18.0 Å². The number of aliphatic carboxylic acids is 1. The lowest BCUT2D eigenvalue weighted by atomic mass is 10.1. The van der Waals surface area contributed by atoms with Crippen molar-refractivity contribution in [2.45, 2.75) is 25.9 Å². The number of ether oxygens (including phenoxy) is 2. The molecule has 1 aliphatic heterocycles. The molecule has 0 bridgehead atoms. The normalized spacial score (nSPS) is 19.7. The fourth-order valence-corrected chi connectivity index (χ4v) is 1.95. The van der Waals surface area contributed by atoms with Gasteiger partial charge in [-0.15, -0.1) is 0 Å². The first-order valence-electron chi connectivity index (χ1n) is 6.90. The summed E-state index contributed by atoms with van der Waals surface area (Å²) < 4.78 is 9.82. The number of hydrogen-bond donors (Lipinski definition) is 2. The van der Waals surface area contributed by atoms with E-state index in [1.54, 1.807) is 6.92 Å². The van der Waals surface area contributed by atoms with Crippen molar-refractivity contribution < 1.29 is 29.0 Å². The Labute approximate surface area is 123 Å². The average Bonchev–Trinajstić information content (AvgIpc) is 2.50. The summed E-state index contributed by atoms with van der Waals surface area (Å²) in [5, 5.41) is 11.5. The van der Waals surface area contributed by atoms with Crippen LogP contribution >= 0.6 is 0 Å². The fourth-order valence-electron chi connectivity index (χ4n) is 1.95. The summed E-state index contributed by atoms with van der Waals surface area (Å²) in [6.45, 7) is 2.88. The molecule has 0 aromatic carbocycles. The Morgan fingerprint density at radius 2 is 2.19 bits per heavy atom. The van der Waals surface area contributed by atoms with Crippen LogP contribution in [0, 0.1) is 5.92 Å². The maximum Gasteiger partial charge on any atom is 0.336 e. The minimum atomic E-state index is -0.838. The SMILES string of the molecule is COC(=O)C1CN(C(=O)NCCCC(C)C(=O)O)CCO1. The van der Waals surface area contributed by atoms with Crippen molar-refractivity contribution in [3.05, 3.63) is 0 Å². The van der Waals surface area contributed by atoms with Gasteiger partial charge in [0.05, 0.1) is 26.2 Å². The molecule has 1 heterocycles. The topological polar surface area (TPSA) is 105 Å². The molecule has 2 unspecified atom stereocenters. The molecule has 0 spiro atoms. The Morgan fingerprint density at radius 1 is 1.48 bits per heavy atom. The number of morpholine rings is 1. The van der Waals surface area contributed by atoms with E-state index in [0.29, 0.717) is 25.9 Å². The number of urea groups is 1. The van der Waals surface area contributed by atoms with Crippen LogP contribution < -0.4 is 5.32 Å². The molecule has 8 heteroatoms. The number of nitrogens with one attached hydrogen (secondary N) is 1. The van der Waals surface area contributed by atoms with Crippen LogP contribution in [0.15, 0.2) is 0 Å². The molecule has 21 heavy (non-hydrogen) atoms. The van der Waals surface area contributed by atoms with Gasteiger partial charge in [-0.1, -0.05) is 6.92 Å². The predicted molar refractivity (Wildman–Crippen MR) is 72.8 cm³/mol. The summed E-state index contributed by atoms with van der Waals surface area (Å²) in [4.78, 5) is 35.4. The zero-order chi connectivity index (χ0) is 15.8. The molecule has 8 nitrogen and oxygen atoms in total. The van der Waals surface area contributed by atoms with E-state index in [2.05, 4.69) is 10.1 Å².